The van der Waals surface area contributed by atoms with Crippen molar-refractivity contribution < 1.29 is 4.79 Å². The Hall–Kier alpha value is -1.78. The summed E-state index contributed by atoms with van der Waals surface area (Å²) in [7, 11) is 0. The largest absolute Gasteiger partial charge is 0.353 e. The van der Waals surface area contributed by atoms with Crippen LogP contribution >= 0.6 is 11.3 Å². The summed E-state index contributed by atoms with van der Waals surface area (Å²) in [6.07, 6.45) is 3.93. The van der Waals surface area contributed by atoms with Gasteiger partial charge in [0.2, 0.25) is 5.91 Å². The molecule has 0 aliphatic carbocycles. The number of carbonyl (C=O) groups is 1. The molecule has 5 nitrogen and oxygen atoms in total. The second-order valence-electron chi connectivity index (χ2n) is 2.95. The first-order valence-corrected chi connectivity index (χ1v) is 5.71. The molecule has 0 spiro atoms. The maximum absolute atomic E-state index is 11.3. The fraction of sp³-hybridized carbons (Fsp3) is 0.300. The molecule has 0 aromatic carbocycles. The average Bonchev–Trinajstić information content (AvgIpc) is 2.79. The van der Waals surface area contributed by atoms with Crippen LogP contribution in [-0.2, 0) is 4.79 Å². The molecule has 0 saturated carbocycles. The number of hydrogen-bond acceptors (Lipinski definition) is 3. The SMILES string of the molecule is [N-]=[N+]=NCCCNC(=O)/C=C/c1cccs1. The standard InChI is InChI=1S/C10H12N4OS/c11-14-13-7-2-6-12-10(15)5-4-9-3-1-8-16-9/h1,3-5,8H,2,6-7H2,(H,12,15)/b5-4+. The van der Waals surface area contributed by atoms with E-state index >= 15 is 0 Å². The minimum Gasteiger partial charge on any atom is -0.353 e. The van der Waals surface area contributed by atoms with Gasteiger partial charge < -0.3 is 5.32 Å². The highest BCUT2D eigenvalue weighted by atomic mass is 32.1. The van der Waals surface area contributed by atoms with Gasteiger partial charge in [-0.2, -0.15) is 0 Å². The monoisotopic (exact) mass is 236 g/mol. The fourth-order valence-electron chi connectivity index (χ4n) is 1.01. The van der Waals surface area contributed by atoms with E-state index < -0.39 is 0 Å². The molecule has 0 aliphatic heterocycles. The van der Waals surface area contributed by atoms with Gasteiger partial charge in [-0.3, -0.25) is 4.79 Å². The summed E-state index contributed by atoms with van der Waals surface area (Å²) in [5, 5.41) is 8.02. The van der Waals surface area contributed by atoms with Crippen LogP contribution in [0.25, 0.3) is 16.5 Å². The van der Waals surface area contributed by atoms with Gasteiger partial charge in [0, 0.05) is 29.0 Å². The molecule has 1 aromatic heterocycles. The van der Waals surface area contributed by atoms with Crippen molar-refractivity contribution in [2.24, 2.45) is 5.11 Å². The summed E-state index contributed by atoms with van der Waals surface area (Å²) in [4.78, 5) is 14.9. The Morgan fingerprint density at radius 2 is 2.56 bits per heavy atom. The van der Waals surface area contributed by atoms with Gasteiger partial charge in [-0.25, -0.2) is 0 Å². The molecule has 0 atom stereocenters. The number of carbonyl (C=O) groups excluding carboxylic acids is 1. The van der Waals surface area contributed by atoms with E-state index in [-0.39, 0.29) is 5.91 Å². The van der Waals surface area contributed by atoms with Crippen LogP contribution < -0.4 is 5.32 Å². The minimum atomic E-state index is -0.130. The van der Waals surface area contributed by atoms with Crippen molar-refractivity contribution in [3.63, 3.8) is 0 Å². The predicted octanol–water partition coefficient (Wildman–Crippen LogP) is 2.58. The van der Waals surface area contributed by atoms with Crippen LogP contribution in [-0.4, -0.2) is 19.0 Å². The molecule has 1 N–H and O–H groups in total. The van der Waals surface area contributed by atoms with E-state index in [1.165, 1.54) is 6.08 Å². The quantitative estimate of drug-likeness (QED) is 0.266. The third kappa shape index (κ3) is 5.19. The summed E-state index contributed by atoms with van der Waals surface area (Å²) in [6.45, 7) is 0.929. The highest BCUT2D eigenvalue weighted by molar-refractivity contribution is 7.10. The number of hydrogen-bond donors (Lipinski definition) is 1. The van der Waals surface area contributed by atoms with Crippen molar-refractivity contribution in [1.82, 2.24) is 5.32 Å². The predicted molar refractivity (Wildman–Crippen MR) is 65.0 cm³/mol. The van der Waals surface area contributed by atoms with E-state index in [9.17, 15) is 4.79 Å². The molecule has 0 aliphatic rings. The zero-order valence-electron chi connectivity index (χ0n) is 8.67. The Labute approximate surface area is 97.4 Å². The summed E-state index contributed by atoms with van der Waals surface area (Å²) in [6, 6.07) is 3.87. The van der Waals surface area contributed by atoms with E-state index in [2.05, 4.69) is 15.3 Å². The first kappa shape index (κ1) is 12.3. The van der Waals surface area contributed by atoms with Gasteiger partial charge in [-0.05, 0) is 29.5 Å². The van der Waals surface area contributed by atoms with Gasteiger partial charge in [0.25, 0.3) is 0 Å². The third-order valence-electron chi connectivity index (χ3n) is 1.74. The Bertz CT molecular complexity index is 393. The second kappa shape index (κ2) is 7.50. The van der Waals surface area contributed by atoms with Gasteiger partial charge in [0.15, 0.2) is 0 Å². The number of rotatable bonds is 6. The molecular weight excluding hydrogens is 224 g/mol. The van der Waals surface area contributed by atoms with Crippen molar-refractivity contribution in [2.75, 3.05) is 13.1 Å². The van der Waals surface area contributed by atoms with Gasteiger partial charge in [-0.15, -0.1) is 11.3 Å². The van der Waals surface area contributed by atoms with Gasteiger partial charge >= 0.3 is 0 Å². The van der Waals surface area contributed by atoms with E-state index in [1.807, 2.05) is 17.5 Å². The van der Waals surface area contributed by atoms with E-state index in [0.29, 0.717) is 19.5 Å². The molecule has 1 rings (SSSR count). The highest BCUT2D eigenvalue weighted by Crippen LogP contribution is 2.09. The molecular formula is C10H12N4OS. The number of nitrogens with zero attached hydrogens (tertiary/aromatic N) is 3. The number of thiophene rings is 1. The fourth-order valence-corrected chi connectivity index (χ4v) is 1.63. The Morgan fingerprint density at radius 3 is 3.25 bits per heavy atom. The smallest absolute Gasteiger partial charge is 0.244 e. The molecule has 1 aromatic rings. The molecule has 0 fully saturated rings. The number of azide groups is 1. The first-order chi connectivity index (χ1) is 7.83. The van der Waals surface area contributed by atoms with Crippen LogP contribution in [0.3, 0.4) is 0 Å². The topological polar surface area (TPSA) is 77.9 Å². The summed E-state index contributed by atoms with van der Waals surface area (Å²) in [5.74, 6) is -0.130. The molecule has 16 heavy (non-hydrogen) atoms. The molecule has 84 valence electrons. The highest BCUT2D eigenvalue weighted by Gasteiger charge is 1.94. The second-order valence-corrected chi connectivity index (χ2v) is 3.93. The van der Waals surface area contributed by atoms with Crippen LogP contribution in [0.5, 0.6) is 0 Å². The first-order valence-electron chi connectivity index (χ1n) is 4.83. The van der Waals surface area contributed by atoms with Crippen molar-refractivity contribution in [3.05, 3.63) is 38.9 Å². The summed E-state index contributed by atoms with van der Waals surface area (Å²) < 4.78 is 0. The lowest BCUT2D eigenvalue weighted by Gasteiger charge is -1.98. The average molecular weight is 236 g/mol. The summed E-state index contributed by atoms with van der Waals surface area (Å²) >= 11 is 1.58. The van der Waals surface area contributed by atoms with Crippen molar-refractivity contribution in [1.29, 1.82) is 0 Å². The van der Waals surface area contributed by atoms with Gasteiger partial charge in [0.1, 0.15) is 0 Å². The lowest BCUT2D eigenvalue weighted by molar-refractivity contribution is -0.116. The number of amides is 1. The van der Waals surface area contributed by atoms with E-state index in [0.717, 1.165) is 4.88 Å². The molecule has 0 saturated heterocycles. The minimum absolute atomic E-state index is 0.130. The van der Waals surface area contributed by atoms with Gasteiger partial charge in [0.05, 0.1) is 0 Å². The molecule has 1 heterocycles. The van der Waals surface area contributed by atoms with E-state index in [4.69, 9.17) is 5.53 Å². The molecule has 6 heteroatoms. The Balaban J connectivity index is 2.18. The normalized spacial score (nSPS) is 10.0. The Kier molecular flexibility index (Phi) is 5.76. The Morgan fingerprint density at radius 1 is 1.69 bits per heavy atom. The zero-order chi connectivity index (χ0) is 11.6. The van der Waals surface area contributed by atoms with Crippen LogP contribution in [0.4, 0.5) is 0 Å². The van der Waals surface area contributed by atoms with Crippen LogP contribution in [0, 0.1) is 0 Å². The third-order valence-corrected chi connectivity index (χ3v) is 2.58. The van der Waals surface area contributed by atoms with Crippen LogP contribution in [0.1, 0.15) is 11.3 Å². The molecule has 0 bridgehead atoms. The van der Waals surface area contributed by atoms with Crippen molar-refractivity contribution >= 4 is 23.3 Å². The maximum Gasteiger partial charge on any atom is 0.244 e. The lowest BCUT2D eigenvalue weighted by Crippen LogP contribution is -2.22. The van der Waals surface area contributed by atoms with Crippen molar-refractivity contribution in [2.45, 2.75) is 6.42 Å². The summed E-state index contributed by atoms with van der Waals surface area (Å²) in [5.41, 5.74) is 8.03. The number of nitrogens with one attached hydrogen (secondary N) is 1. The van der Waals surface area contributed by atoms with Crippen molar-refractivity contribution in [3.8, 4) is 0 Å². The van der Waals surface area contributed by atoms with Gasteiger partial charge in [-0.1, -0.05) is 11.2 Å². The molecule has 0 unspecified atom stereocenters. The van der Waals surface area contributed by atoms with Crippen LogP contribution in [0.2, 0.25) is 0 Å². The van der Waals surface area contributed by atoms with E-state index in [1.54, 1.807) is 17.4 Å². The zero-order valence-corrected chi connectivity index (χ0v) is 9.48. The molecule has 0 radical (unpaired) electrons. The lowest BCUT2D eigenvalue weighted by atomic mass is 10.4. The molecule has 1 amide bonds. The van der Waals surface area contributed by atoms with Crippen LogP contribution in [0.15, 0.2) is 28.7 Å². The maximum atomic E-state index is 11.3.